The SMILES string of the molecule is CCN(c1ccccc1)S(=O)(=O)c1ccc(C(=O)N(Cc2ccco2)c2nc3ccc(S(C)(=O)=O)cc3s2)cc1. The molecule has 5 aromatic rings. The average Bonchev–Trinajstić information content (AvgIpc) is 3.61. The van der Waals surface area contributed by atoms with E-state index >= 15 is 0 Å². The van der Waals surface area contributed by atoms with Crippen LogP contribution < -0.4 is 9.21 Å². The molecular weight excluding hydrogens is 571 g/mol. The van der Waals surface area contributed by atoms with E-state index in [1.54, 1.807) is 49.4 Å². The summed E-state index contributed by atoms with van der Waals surface area (Å²) in [6, 6.07) is 22.6. The molecule has 0 aliphatic rings. The minimum Gasteiger partial charge on any atom is -0.467 e. The van der Waals surface area contributed by atoms with Crippen molar-refractivity contribution in [1.29, 1.82) is 0 Å². The third-order valence-corrected chi connectivity index (χ3v) is 10.2. The predicted molar refractivity (Wildman–Crippen MR) is 155 cm³/mol. The molecule has 0 fully saturated rings. The molecule has 1 amide bonds. The fourth-order valence-electron chi connectivity index (χ4n) is 4.16. The Labute approximate surface area is 236 Å². The first kappa shape index (κ1) is 27.6. The molecule has 0 saturated heterocycles. The molecule has 9 nitrogen and oxygen atoms in total. The van der Waals surface area contributed by atoms with Gasteiger partial charge in [-0.2, -0.15) is 0 Å². The maximum atomic E-state index is 13.7. The van der Waals surface area contributed by atoms with Gasteiger partial charge in [0.25, 0.3) is 15.9 Å². The summed E-state index contributed by atoms with van der Waals surface area (Å²) in [7, 11) is -7.28. The number of furan rings is 1. The van der Waals surface area contributed by atoms with E-state index in [1.165, 1.54) is 63.2 Å². The van der Waals surface area contributed by atoms with Crippen LogP contribution in [0.1, 0.15) is 23.0 Å². The number of hydrogen-bond donors (Lipinski definition) is 0. The van der Waals surface area contributed by atoms with Crippen molar-refractivity contribution in [3.8, 4) is 0 Å². The highest BCUT2D eigenvalue weighted by Crippen LogP contribution is 2.33. The van der Waals surface area contributed by atoms with Crippen LogP contribution in [0, 0.1) is 0 Å². The molecule has 2 heterocycles. The Morgan fingerprint density at radius 1 is 0.900 bits per heavy atom. The molecule has 0 N–H and O–H groups in total. The van der Waals surface area contributed by atoms with Crippen molar-refractivity contribution in [3.63, 3.8) is 0 Å². The van der Waals surface area contributed by atoms with Crippen LogP contribution in [-0.4, -0.2) is 40.5 Å². The number of rotatable bonds is 9. The van der Waals surface area contributed by atoms with Crippen LogP contribution in [0.4, 0.5) is 10.8 Å². The predicted octanol–water partition coefficient (Wildman–Crippen LogP) is 5.36. The lowest BCUT2D eigenvalue weighted by atomic mass is 10.2. The summed E-state index contributed by atoms with van der Waals surface area (Å²) in [6.45, 7) is 2.07. The van der Waals surface area contributed by atoms with Crippen molar-refractivity contribution in [2.45, 2.75) is 23.3 Å². The first-order valence-corrected chi connectivity index (χ1v) is 16.4. The highest BCUT2D eigenvalue weighted by molar-refractivity contribution is 7.92. The van der Waals surface area contributed by atoms with E-state index in [0.29, 0.717) is 26.8 Å². The summed E-state index contributed by atoms with van der Waals surface area (Å²) in [4.78, 5) is 20.0. The Kier molecular flexibility index (Phi) is 7.49. The van der Waals surface area contributed by atoms with Crippen LogP contribution in [0.3, 0.4) is 0 Å². The molecule has 0 aliphatic carbocycles. The van der Waals surface area contributed by atoms with Crippen LogP contribution in [-0.2, 0) is 26.4 Å². The number of carbonyl (C=O) groups excluding carboxylic acids is 1. The van der Waals surface area contributed by atoms with E-state index in [9.17, 15) is 21.6 Å². The quantitative estimate of drug-likeness (QED) is 0.225. The zero-order valence-electron chi connectivity index (χ0n) is 21.6. The maximum Gasteiger partial charge on any atom is 0.264 e. The van der Waals surface area contributed by atoms with Gasteiger partial charge < -0.3 is 4.42 Å². The van der Waals surface area contributed by atoms with Gasteiger partial charge in [0.15, 0.2) is 15.0 Å². The van der Waals surface area contributed by atoms with E-state index in [1.807, 2.05) is 6.07 Å². The van der Waals surface area contributed by atoms with E-state index in [2.05, 4.69) is 4.98 Å². The lowest BCUT2D eigenvalue weighted by Gasteiger charge is -2.23. The Balaban J connectivity index is 1.49. The average molecular weight is 596 g/mol. The highest BCUT2D eigenvalue weighted by Gasteiger charge is 2.26. The first-order chi connectivity index (χ1) is 19.1. The number of anilines is 2. The third-order valence-electron chi connectivity index (χ3n) is 6.17. The smallest absolute Gasteiger partial charge is 0.264 e. The molecule has 0 bridgehead atoms. The number of para-hydroxylation sites is 1. The number of carbonyl (C=O) groups is 1. The summed E-state index contributed by atoms with van der Waals surface area (Å²) in [6.07, 6.45) is 2.63. The molecule has 0 saturated carbocycles. The van der Waals surface area contributed by atoms with Crippen LogP contribution in [0.2, 0.25) is 0 Å². The van der Waals surface area contributed by atoms with Crippen molar-refractivity contribution < 1.29 is 26.0 Å². The van der Waals surface area contributed by atoms with Crippen LogP contribution >= 0.6 is 11.3 Å². The molecule has 2 aromatic heterocycles. The molecule has 0 radical (unpaired) electrons. The van der Waals surface area contributed by atoms with Gasteiger partial charge in [-0.15, -0.1) is 0 Å². The van der Waals surface area contributed by atoms with E-state index in [4.69, 9.17) is 4.42 Å². The second-order valence-corrected chi connectivity index (χ2v) is 13.8. The number of amides is 1. The fraction of sp³-hybridized carbons (Fsp3) is 0.143. The summed E-state index contributed by atoms with van der Waals surface area (Å²) < 4.78 is 58.2. The maximum absolute atomic E-state index is 13.7. The van der Waals surface area contributed by atoms with Gasteiger partial charge in [0.1, 0.15) is 5.76 Å². The Bertz CT molecular complexity index is 1870. The zero-order chi connectivity index (χ0) is 28.5. The van der Waals surface area contributed by atoms with Gasteiger partial charge in [0, 0.05) is 18.4 Å². The lowest BCUT2D eigenvalue weighted by molar-refractivity contribution is 0.0983. The largest absolute Gasteiger partial charge is 0.467 e. The van der Waals surface area contributed by atoms with Gasteiger partial charge in [0.05, 0.1) is 38.5 Å². The van der Waals surface area contributed by atoms with E-state index in [-0.39, 0.29) is 28.4 Å². The number of aromatic nitrogens is 1. The van der Waals surface area contributed by atoms with Crippen LogP contribution in [0.15, 0.2) is 105 Å². The molecule has 0 unspecified atom stereocenters. The number of sulfone groups is 1. The number of fused-ring (bicyclic) bond motifs is 1. The number of hydrogen-bond acceptors (Lipinski definition) is 8. The third kappa shape index (κ3) is 5.51. The monoisotopic (exact) mass is 595 g/mol. The van der Waals surface area contributed by atoms with Gasteiger partial charge in [-0.1, -0.05) is 29.5 Å². The molecular formula is C28H25N3O6S3. The molecule has 0 aliphatic heterocycles. The normalized spacial score (nSPS) is 11.9. The molecule has 5 rings (SSSR count). The molecule has 40 heavy (non-hydrogen) atoms. The minimum absolute atomic E-state index is 0.0561. The van der Waals surface area contributed by atoms with Gasteiger partial charge in [-0.05, 0) is 73.7 Å². The lowest BCUT2D eigenvalue weighted by Crippen LogP contribution is -2.31. The number of thiazole rings is 1. The minimum atomic E-state index is -3.86. The van der Waals surface area contributed by atoms with Gasteiger partial charge in [-0.25, -0.2) is 21.8 Å². The van der Waals surface area contributed by atoms with Crippen molar-refractivity contribution >= 4 is 58.1 Å². The zero-order valence-corrected chi connectivity index (χ0v) is 24.0. The van der Waals surface area contributed by atoms with Crippen molar-refractivity contribution in [3.05, 3.63) is 103 Å². The van der Waals surface area contributed by atoms with E-state index < -0.39 is 25.8 Å². The number of benzene rings is 3. The summed E-state index contributed by atoms with van der Waals surface area (Å²) in [5.74, 6) is 0.100. The Hall–Kier alpha value is -4.00. The van der Waals surface area contributed by atoms with Gasteiger partial charge >= 0.3 is 0 Å². The topological polar surface area (TPSA) is 118 Å². The molecule has 3 aromatic carbocycles. The highest BCUT2D eigenvalue weighted by atomic mass is 32.2. The van der Waals surface area contributed by atoms with Crippen LogP contribution in [0.5, 0.6) is 0 Å². The van der Waals surface area contributed by atoms with Crippen molar-refractivity contribution in [2.75, 3.05) is 22.0 Å². The van der Waals surface area contributed by atoms with Crippen molar-refractivity contribution in [1.82, 2.24) is 4.98 Å². The summed E-state index contributed by atoms with van der Waals surface area (Å²) >= 11 is 1.18. The molecule has 0 atom stereocenters. The number of nitrogens with zero attached hydrogens (tertiary/aromatic N) is 3. The summed E-state index contributed by atoms with van der Waals surface area (Å²) in [5.41, 5.74) is 1.35. The fourth-order valence-corrected chi connectivity index (χ4v) is 7.36. The molecule has 206 valence electrons. The second-order valence-electron chi connectivity index (χ2n) is 8.90. The molecule has 12 heteroatoms. The standard InChI is InChI=1S/C28H25N3O6S3/c1-3-31(21-8-5-4-6-9-21)40(35,36)23-13-11-20(12-14-23)27(32)30(19-22-10-7-17-37-22)28-29-25-16-15-24(39(2,33)34)18-26(25)38-28/h4-18H,3,19H2,1-2H3. The molecule has 0 spiro atoms. The Morgan fingerprint density at radius 2 is 1.60 bits per heavy atom. The van der Waals surface area contributed by atoms with Crippen molar-refractivity contribution in [2.24, 2.45) is 0 Å². The first-order valence-electron chi connectivity index (χ1n) is 12.2. The Morgan fingerprint density at radius 3 is 2.23 bits per heavy atom. The number of sulfonamides is 1. The van der Waals surface area contributed by atoms with Crippen LogP contribution in [0.25, 0.3) is 10.2 Å². The van der Waals surface area contributed by atoms with Gasteiger partial charge in [0.2, 0.25) is 0 Å². The van der Waals surface area contributed by atoms with Gasteiger partial charge in [-0.3, -0.25) is 14.0 Å². The second kappa shape index (κ2) is 10.9. The van der Waals surface area contributed by atoms with E-state index in [0.717, 1.165) is 6.26 Å². The summed E-state index contributed by atoms with van der Waals surface area (Å²) in [5, 5.41) is 0.347.